The van der Waals surface area contributed by atoms with Gasteiger partial charge in [0.15, 0.2) is 4.34 Å². The van der Waals surface area contributed by atoms with Crippen molar-refractivity contribution in [3.63, 3.8) is 0 Å². The quantitative estimate of drug-likeness (QED) is 0.752. The molecule has 7 heteroatoms. The fraction of sp³-hybridized carbons (Fsp3) is 0.0833. The second-order valence-electron chi connectivity index (χ2n) is 3.66. The van der Waals surface area contributed by atoms with Crippen LogP contribution in [0.3, 0.4) is 0 Å². The van der Waals surface area contributed by atoms with E-state index in [2.05, 4.69) is 15.0 Å². The average Bonchev–Trinajstić information content (AvgIpc) is 2.81. The molecule has 0 saturated heterocycles. The summed E-state index contributed by atoms with van der Waals surface area (Å²) in [5.41, 5.74) is 1.49. The molecule has 0 bridgehead atoms. The second kappa shape index (κ2) is 5.42. The smallest absolute Gasteiger partial charge is 0.157 e. The summed E-state index contributed by atoms with van der Waals surface area (Å²) in [6, 6.07) is 7.93. The maximum Gasteiger partial charge on any atom is 0.157 e. The molecule has 2 heterocycles. The molecule has 0 spiro atoms. The van der Waals surface area contributed by atoms with E-state index in [0.717, 1.165) is 14.6 Å². The summed E-state index contributed by atoms with van der Waals surface area (Å²) < 4.78 is 1.99. The lowest BCUT2D eigenvalue weighted by Crippen LogP contribution is -1.94. The number of hydrogen-bond donors (Lipinski definition) is 1. The predicted octanol–water partition coefficient (Wildman–Crippen LogP) is 3.38. The first-order valence-corrected chi connectivity index (χ1v) is 7.42. The van der Waals surface area contributed by atoms with Gasteiger partial charge >= 0.3 is 0 Å². The first-order chi connectivity index (χ1) is 9.28. The maximum atomic E-state index is 9.32. The predicted molar refractivity (Wildman–Crippen MR) is 76.7 cm³/mol. The Morgan fingerprint density at radius 3 is 2.89 bits per heavy atom. The first kappa shape index (κ1) is 12.8. The summed E-state index contributed by atoms with van der Waals surface area (Å²) in [5.74, 6) is 0. The number of thiazole rings is 1. The topological polar surface area (TPSA) is 58.9 Å². The monoisotopic (exact) mass is 309 g/mol. The molecule has 1 N–H and O–H groups in total. The summed E-state index contributed by atoms with van der Waals surface area (Å²) in [7, 11) is 0. The van der Waals surface area contributed by atoms with Crippen molar-refractivity contribution < 1.29 is 5.11 Å². The summed E-state index contributed by atoms with van der Waals surface area (Å²) in [6.07, 6.45) is 1.39. The molecule has 0 unspecified atom stereocenters. The van der Waals surface area contributed by atoms with Crippen LogP contribution < -0.4 is 0 Å². The molecule has 3 aromatic rings. The molecule has 0 fully saturated rings. The molecule has 0 aliphatic heterocycles. The van der Waals surface area contributed by atoms with Crippen molar-refractivity contribution in [2.24, 2.45) is 0 Å². The zero-order valence-corrected chi connectivity index (χ0v) is 12.0. The standard InChI is InChI=1S/C12H8ClN3OS2/c13-10-7(5-17)11(15-6-14-10)19-12-16-8-3-1-2-4-9(8)18-12/h1-4,6,17H,5H2. The van der Waals surface area contributed by atoms with Crippen LogP contribution in [-0.2, 0) is 6.61 Å². The minimum Gasteiger partial charge on any atom is -0.391 e. The number of para-hydroxylation sites is 1. The molecular formula is C12H8ClN3OS2. The molecule has 0 amide bonds. The summed E-state index contributed by atoms with van der Waals surface area (Å²) in [4.78, 5) is 12.5. The van der Waals surface area contributed by atoms with Gasteiger partial charge in [0.05, 0.1) is 16.8 Å². The SMILES string of the molecule is OCc1c(Cl)ncnc1Sc1nc2ccccc2s1. The van der Waals surface area contributed by atoms with E-state index in [0.29, 0.717) is 10.6 Å². The van der Waals surface area contributed by atoms with Crippen LogP contribution in [0.4, 0.5) is 0 Å². The third-order valence-corrected chi connectivity index (χ3v) is 4.94. The van der Waals surface area contributed by atoms with Crippen LogP contribution in [0.2, 0.25) is 5.15 Å². The van der Waals surface area contributed by atoms with Crippen LogP contribution in [0.25, 0.3) is 10.2 Å². The minimum atomic E-state index is -0.188. The van der Waals surface area contributed by atoms with E-state index in [9.17, 15) is 5.11 Å². The number of aliphatic hydroxyl groups is 1. The number of fused-ring (bicyclic) bond motifs is 1. The highest BCUT2D eigenvalue weighted by atomic mass is 35.5. The third-order valence-electron chi connectivity index (χ3n) is 2.47. The molecule has 0 aliphatic carbocycles. The van der Waals surface area contributed by atoms with Gasteiger partial charge in [0.2, 0.25) is 0 Å². The zero-order valence-electron chi connectivity index (χ0n) is 9.58. The number of halogens is 1. The van der Waals surface area contributed by atoms with Crippen molar-refractivity contribution in [1.82, 2.24) is 15.0 Å². The van der Waals surface area contributed by atoms with Crippen LogP contribution in [0.5, 0.6) is 0 Å². The molecule has 2 aromatic heterocycles. The van der Waals surface area contributed by atoms with Crippen LogP contribution in [0.15, 0.2) is 40.0 Å². The van der Waals surface area contributed by atoms with Crippen molar-refractivity contribution in [1.29, 1.82) is 0 Å². The van der Waals surface area contributed by atoms with Gasteiger partial charge in [-0.25, -0.2) is 15.0 Å². The first-order valence-electron chi connectivity index (χ1n) is 5.41. The third kappa shape index (κ3) is 2.57. The molecule has 3 rings (SSSR count). The Kier molecular flexibility index (Phi) is 3.65. The molecule has 0 aliphatic rings. The lowest BCUT2D eigenvalue weighted by atomic mass is 10.3. The van der Waals surface area contributed by atoms with Gasteiger partial charge in [-0.3, -0.25) is 0 Å². The van der Waals surface area contributed by atoms with Crippen molar-refractivity contribution in [2.75, 3.05) is 0 Å². The van der Waals surface area contributed by atoms with Crippen LogP contribution in [-0.4, -0.2) is 20.1 Å². The number of aliphatic hydroxyl groups excluding tert-OH is 1. The molecule has 96 valence electrons. The molecular weight excluding hydrogens is 302 g/mol. The Morgan fingerprint density at radius 2 is 2.11 bits per heavy atom. The normalized spacial score (nSPS) is 11.1. The average molecular weight is 310 g/mol. The maximum absolute atomic E-state index is 9.32. The van der Waals surface area contributed by atoms with Gasteiger partial charge in [0, 0.05) is 5.56 Å². The molecule has 19 heavy (non-hydrogen) atoms. The summed E-state index contributed by atoms with van der Waals surface area (Å²) in [5, 5.41) is 10.2. The van der Waals surface area contributed by atoms with Crippen LogP contribution >= 0.6 is 34.7 Å². The lowest BCUT2D eigenvalue weighted by molar-refractivity contribution is 0.277. The van der Waals surface area contributed by atoms with Crippen LogP contribution in [0, 0.1) is 0 Å². The van der Waals surface area contributed by atoms with E-state index in [1.807, 2.05) is 24.3 Å². The summed E-state index contributed by atoms with van der Waals surface area (Å²) >= 11 is 8.91. The van der Waals surface area contributed by atoms with Crippen molar-refractivity contribution in [3.05, 3.63) is 41.3 Å². The van der Waals surface area contributed by atoms with Gasteiger partial charge in [0.1, 0.15) is 16.5 Å². The fourth-order valence-electron chi connectivity index (χ4n) is 1.57. The Hall–Kier alpha value is -1.21. The number of benzene rings is 1. The van der Waals surface area contributed by atoms with Gasteiger partial charge in [-0.1, -0.05) is 23.7 Å². The molecule has 0 atom stereocenters. The van der Waals surface area contributed by atoms with Crippen molar-refractivity contribution in [2.45, 2.75) is 16.0 Å². The van der Waals surface area contributed by atoms with Crippen molar-refractivity contribution in [3.8, 4) is 0 Å². The van der Waals surface area contributed by atoms with Gasteiger partial charge in [0.25, 0.3) is 0 Å². The van der Waals surface area contributed by atoms with E-state index in [1.165, 1.54) is 18.1 Å². The van der Waals surface area contributed by atoms with Gasteiger partial charge in [-0.2, -0.15) is 0 Å². The largest absolute Gasteiger partial charge is 0.391 e. The lowest BCUT2D eigenvalue weighted by Gasteiger charge is -2.04. The van der Waals surface area contributed by atoms with E-state index < -0.39 is 0 Å². The highest BCUT2D eigenvalue weighted by Gasteiger charge is 2.13. The number of nitrogens with zero attached hydrogens (tertiary/aromatic N) is 3. The van der Waals surface area contributed by atoms with Gasteiger partial charge < -0.3 is 5.11 Å². The Bertz CT molecular complexity index is 699. The van der Waals surface area contributed by atoms with E-state index >= 15 is 0 Å². The number of aromatic nitrogens is 3. The summed E-state index contributed by atoms with van der Waals surface area (Å²) in [6.45, 7) is -0.188. The molecule has 1 aromatic carbocycles. The molecule has 4 nitrogen and oxygen atoms in total. The second-order valence-corrected chi connectivity index (χ2v) is 6.28. The highest BCUT2D eigenvalue weighted by molar-refractivity contribution is 8.01. The molecule has 0 saturated carbocycles. The Morgan fingerprint density at radius 1 is 1.26 bits per heavy atom. The molecule has 0 radical (unpaired) electrons. The fourth-order valence-corrected chi connectivity index (χ4v) is 3.89. The van der Waals surface area contributed by atoms with E-state index in [1.54, 1.807) is 11.3 Å². The van der Waals surface area contributed by atoms with Gasteiger partial charge in [-0.15, -0.1) is 11.3 Å². The van der Waals surface area contributed by atoms with Gasteiger partial charge in [-0.05, 0) is 23.9 Å². The zero-order chi connectivity index (χ0) is 13.2. The highest BCUT2D eigenvalue weighted by Crippen LogP contribution is 2.35. The number of hydrogen-bond acceptors (Lipinski definition) is 6. The van der Waals surface area contributed by atoms with Crippen LogP contribution in [0.1, 0.15) is 5.56 Å². The van der Waals surface area contributed by atoms with E-state index in [-0.39, 0.29) is 11.8 Å². The Balaban J connectivity index is 1.99. The minimum absolute atomic E-state index is 0.188. The number of rotatable bonds is 3. The Labute approximate surface area is 122 Å². The van der Waals surface area contributed by atoms with Crippen molar-refractivity contribution >= 4 is 44.9 Å². The van der Waals surface area contributed by atoms with E-state index in [4.69, 9.17) is 11.6 Å².